The molecule has 3 nitrogen and oxygen atoms in total. The van der Waals surface area contributed by atoms with E-state index in [2.05, 4.69) is 34.6 Å². The first-order chi connectivity index (χ1) is 7.84. The van der Waals surface area contributed by atoms with Crippen molar-refractivity contribution in [3.63, 3.8) is 0 Å². The van der Waals surface area contributed by atoms with Crippen LogP contribution in [0.2, 0.25) is 0 Å². The van der Waals surface area contributed by atoms with Gasteiger partial charge in [0, 0.05) is 5.92 Å². The van der Waals surface area contributed by atoms with Crippen molar-refractivity contribution in [2.24, 2.45) is 4.99 Å². The van der Waals surface area contributed by atoms with Gasteiger partial charge in [0.1, 0.15) is 12.4 Å². The molecule has 1 heterocycles. The average molecular weight is 214 g/mol. The molecular weight excluding hydrogens is 200 g/mol. The number of rotatable bonds is 1. The van der Waals surface area contributed by atoms with E-state index in [0.29, 0.717) is 12.5 Å². The van der Waals surface area contributed by atoms with E-state index >= 15 is 0 Å². The first-order valence-corrected chi connectivity index (χ1v) is 5.76. The maximum atomic E-state index is 11.2. The standard InChI is InChI=1S/C13H14N2O/c16-12-8-14-13(15-12)11-7-3-5-9-4-1-2-6-10(9)11/h1-2,4,6,11H,3,5,7-8H2,(H,14,15,16). The molecule has 0 radical (unpaired) electrons. The second-order valence-corrected chi connectivity index (χ2v) is 4.39. The number of aliphatic imine (C=N–C) groups is 1. The van der Waals surface area contributed by atoms with Gasteiger partial charge in [0.2, 0.25) is 5.91 Å². The molecule has 1 aromatic rings. The second-order valence-electron chi connectivity index (χ2n) is 4.39. The van der Waals surface area contributed by atoms with Gasteiger partial charge in [-0.1, -0.05) is 24.3 Å². The Morgan fingerprint density at radius 3 is 3.00 bits per heavy atom. The molecule has 16 heavy (non-hydrogen) atoms. The van der Waals surface area contributed by atoms with Crippen LogP contribution in [0, 0.1) is 0 Å². The van der Waals surface area contributed by atoms with Crippen molar-refractivity contribution in [2.45, 2.75) is 25.2 Å². The highest BCUT2D eigenvalue weighted by molar-refractivity contribution is 6.07. The van der Waals surface area contributed by atoms with E-state index < -0.39 is 0 Å². The number of amidine groups is 1. The van der Waals surface area contributed by atoms with Crippen LogP contribution in [0.15, 0.2) is 29.3 Å². The third-order valence-electron chi connectivity index (χ3n) is 3.36. The molecule has 0 saturated heterocycles. The van der Waals surface area contributed by atoms with Crippen LogP contribution in [-0.2, 0) is 11.2 Å². The summed E-state index contributed by atoms with van der Waals surface area (Å²) in [4.78, 5) is 15.5. The van der Waals surface area contributed by atoms with Crippen molar-refractivity contribution in [2.75, 3.05) is 6.54 Å². The Balaban J connectivity index is 1.96. The van der Waals surface area contributed by atoms with Crippen LogP contribution in [0.3, 0.4) is 0 Å². The van der Waals surface area contributed by atoms with Gasteiger partial charge in [-0.3, -0.25) is 9.79 Å². The largest absolute Gasteiger partial charge is 0.312 e. The van der Waals surface area contributed by atoms with Crippen molar-refractivity contribution in [3.05, 3.63) is 35.4 Å². The topological polar surface area (TPSA) is 41.5 Å². The molecule has 0 fully saturated rings. The fraction of sp³-hybridized carbons (Fsp3) is 0.385. The van der Waals surface area contributed by atoms with Gasteiger partial charge in [-0.05, 0) is 30.4 Å². The highest BCUT2D eigenvalue weighted by atomic mass is 16.2. The summed E-state index contributed by atoms with van der Waals surface area (Å²) in [6.07, 6.45) is 3.42. The van der Waals surface area contributed by atoms with Crippen molar-refractivity contribution in [3.8, 4) is 0 Å². The first-order valence-electron chi connectivity index (χ1n) is 5.76. The lowest BCUT2D eigenvalue weighted by Gasteiger charge is -2.25. The predicted molar refractivity (Wildman–Crippen MR) is 62.6 cm³/mol. The number of nitrogens with one attached hydrogen (secondary N) is 1. The molecular formula is C13H14N2O. The van der Waals surface area contributed by atoms with E-state index in [1.54, 1.807) is 0 Å². The summed E-state index contributed by atoms with van der Waals surface area (Å²) in [5.41, 5.74) is 2.75. The van der Waals surface area contributed by atoms with Gasteiger partial charge in [-0.2, -0.15) is 0 Å². The number of nitrogens with zero attached hydrogens (tertiary/aromatic N) is 1. The molecule has 0 spiro atoms. The molecule has 0 bridgehead atoms. The molecule has 1 N–H and O–H groups in total. The fourth-order valence-corrected chi connectivity index (χ4v) is 2.61. The number of amides is 1. The fourth-order valence-electron chi connectivity index (χ4n) is 2.61. The molecule has 82 valence electrons. The Labute approximate surface area is 94.6 Å². The molecule has 1 unspecified atom stereocenters. The summed E-state index contributed by atoms with van der Waals surface area (Å²) < 4.78 is 0. The Morgan fingerprint density at radius 2 is 2.19 bits per heavy atom. The van der Waals surface area contributed by atoms with E-state index in [0.717, 1.165) is 18.7 Å². The van der Waals surface area contributed by atoms with Crippen molar-refractivity contribution in [1.82, 2.24) is 5.32 Å². The Morgan fingerprint density at radius 1 is 1.31 bits per heavy atom. The highest BCUT2D eigenvalue weighted by Gasteiger charge is 2.27. The SMILES string of the molecule is O=C1CN=C(C2CCCc3ccccc32)N1. The van der Waals surface area contributed by atoms with Crippen LogP contribution in [0.1, 0.15) is 29.9 Å². The molecule has 2 aliphatic rings. The lowest BCUT2D eigenvalue weighted by atomic mass is 9.82. The van der Waals surface area contributed by atoms with Crippen LogP contribution < -0.4 is 5.32 Å². The van der Waals surface area contributed by atoms with E-state index in [-0.39, 0.29) is 5.91 Å². The quantitative estimate of drug-likeness (QED) is 0.758. The predicted octanol–water partition coefficient (Wildman–Crippen LogP) is 1.63. The van der Waals surface area contributed by atoms with Gasteiger partial charge < -0.3 is 5.32 Å². The van der Waals surface area contributed by atoms with Crippen LogP contribution in [-0.4, -0.2) is 18.3 Å². The molecule has 1 aliphatic carbocycles. The lowest BCUT2D eigenvalue weighted by Crippen LogP contribution is -2.31. The van der Waals surface area contributed by atoms with E-state index in [1.165, 1.54) is 17.5 Å². The number of carbonyl (C=O) groups excluding carboxylic acids is 1. The Bertz CT molecular complexity index is 465. The summed E-state index contributed by atoms with van der Waals surface area (Å²) in [5, 5.41) is 2.88. The van der Waals surface area contributed by atoms with Gasteiger partial charge in [-0.15, -0.1) is 0 Å². The summed E-state index contributed by atoms with van der Waals surface area (Å²) >= 11 is 0. The Hall–Kier alpha value is -1.64. The minimum absolute atomic E-state index is 0.0260. The minimum Gasteiger partial charge on any atom is -0.312 e. The third-order valence-corrected chi connectivity index (χ3v) is 3.36. The Kier molecular flexibility index (Phi) is 2.24. The second kappa shape index (κ2) is 3.74. The van der Waals surface area contributed by atoms with Gasteiger partial charge >= 0.3 is 0 Å². The monoisotopic (exact) mass is 214 g/mol. The zero-order valence-corrected chi connectivity index (χ0v) is 9.07. The number of hydrogen-bond acceptors (Lipinski definition) is 2. The van der Waals surface area contributed by atoms with E-state index in [9.17, 15) is 4.79 Å². The lowest BCUT2D eigenvalue weighted by molar-refractivity contribution is -0.117. The molecule has 0 aromatic heterocycles. The number of aryl methyl sites for hydroxylation is 1. The van der Waals surface area contributed by atoms with Crippen molar-refractivity contribution >= 4 is 11.7 Å². The van der Waals surface area contributed by atoms with Gasteiger partial charge in [0.05, 0.1) is 0 Å². The molecule has 0 saturated carbocycles. The number of fused-ring (bicyclic) bond motifs is 1. The smallest absolute Gasteiger partial charge is 0.247 e. The third kappa shape index (κ3) is 1.52. The summed E-state index contributed by atoms with van der Waals surface area (Å²) in [7, 11) is 0. The number of benzene rings is 1. The minimum atomic E-state index is 0.0260. The molecule has 3 heteroatoms. The van der Waals surface area contributed by atoms with Crippen LogP contribution in [0.4, 0.5) is 0 Å². The summed E-state index contributed by atoms with van der Waals surface area (Å²) in [6.45, 7) is 0.300. The zero-order valence-electron chi connectivity index (χ0n) is 9.07. The molecule has 1 amide bonds. The van der Waals surface area contributed by atoms with E-state index in [1.807, 2.05) is 0 Å². The molecule has 1 aliphatic heterocycles. The van der Waals surface area contributed by atoms with Crippen LogP contribution >= 0.6 is 0 Å². The highest BCUT2D eigenvalue weighted by Crippen LogP contribution is 2.32. The summed E-state index contributed by atoms with van der Waals surface area (Å²) in [5.74, 6) is 1.20. The maximum Gasteiger partial charge on any atom is 0.247 e. The van der Waals surface area contributed by atoms with Gasteiger partial charge in [0.25, 0.3) is 0 Å². The maximum absolute atomic E-state index is 11.2. The van der Waals surface area contributed by atoms with Crippen molar-refractivity contribution in [1.29, 1.82) is 0 Å². The molecule has 1 aromatic carbocycles. The summed E-state index contributed by atoms with van der Waals surface area (Å²) in [6, 6.07) is 8.48. The van der Waals surface area contributed by atoms with Gasteiger partial charge in [0.15, 0.2) is 0 Å². The number of carbonyl (C=O) groups is 1. The van der Waals surface area contributed by atoms with Crippen LogP contribution in [0.25, 0.3) is 0 Å². The van der Waals surface area contributed by atoms with Gasteiger partial charge in [-0.25, -0.2) is 0 Å². The number of hydrogen-bond donors (Lipinski definition) is 1. The molecule has 1 atom stereocenters. The van der Waals surface area contributed by atoms with E-state index in [4.69, 9.17) is 0 Å². The first kappa shape index (κ1) is 9.58. The molecule has 3 rings (SSSR count). The normalized spacial score (nSPS) is 23.6. The van der Waals surface area contributed by atoms with Crippen LogP contribution in [0.5, 0.6) is 0 Å². The average Bonchev–Trinajstić information content (AvgIpc) is 2.75. The zero-order chi connectivity index (χ0) is 11.0. The van der Waals surface area contributed by atoms with Crippen molar-refractivity contribution < 1.29 is 4.79 Å².